The summed E-state index contributed by atoms with van der Waals surface area (Å²) in [4.78, 5) is 39.4. The summed E-state index contributed by atoms with van der Waals surface area (Å²) < 4.78 is 46.1. The zero-order chi connectivity index (χ0) is 28.2. The van der Waals surface area contributed by atoms with Gasteiger partial charge in [0.1, 0.15) is 39.4 Å². The number of nitrogen functional groups attached to an aromatic ring is 1. The molecule has 2 aromatic heterocycles. The molecule has 1 aliphatic rings. The van der Waals surface area contributed by atoms with E-state index in [1.54, 1.807) is 6.92 Å². The molecular weight excluding hydrogens is 559 g/mol. The highest BCUT2D eigenvalue weighted by Crippen LogP contribution is 2.34. The summed E-state index contributed by atoms with van der Waals surface area (Å²) in [6.07, 6.45) is -0.0688. The van der Waals surface area contributed by atoms with Gasteiger partial charge in [0.05, 0.1) is 17.8 Å². The Balaban J connectivity index is 1.42. The Morgan fingerprint density at radius 3 is 2.64 bits per heavy atom. The first-order valence-corrected chi connectivity index (χ1v) is 13.1. The Bertz CT molecular complexity index is 1350. The van der Waals surface area contributed by atoms with Crippen molar-refractivity contribution >= 4 is 46.3 Å². The standard InChI is InChI=1S/C24H25ClF3N7O3S/c1-13(33-22(37)19-18(25)20(29)32-12-31-19)23-30-11-17(39-23)21(36)34-15-8-14(24(26,27)28)9-16(10-15)38-7-6-35-4-2-3-5-35/h8-13H,2-7H2,1H3,(H,33,37)(H,34,36)(H2,29,31,32)/t13-/m1/s1. The minimum atomic E-state index is -4.63. The summed E-state index contributed by atoms with van der Waals surface area (Å²) in [6.45, 7) is 4.34. The Kier molecular flexibility index (Phi) is 8.87. The maximum Gasteiger partial charge on any atom is 0.416 e. The molecule has 1 fully saturated rings. The highest BCUT2D eigenvalue weighted by atomic mass is 35.5. The van der Waals surface area contributed by atoms with E-state index in [0.717, 1.165) is 55.7 Å². The average Bonchev–Trinajstić information content (AvgIpc) is 3.58. The maximum atomic E-state index is 13.5. The molecule has 4 N–H and O–H groups in total. The van der Waals surface area contributed by atoms with Gasteiger partial charge in [0, 0.05) is 18.3 Å². The van der Waals surface area contributed by atoms with Gasteiger partial charge in [-0.05, 0) is 45.0 Å². The highest BCUT2D eigenvalue weighted by molar-refractivity contribution is 7.13. The van der Waals surface area contributed by atoms with Crippen LogP contribution >= 0.6 is 22.9 Å². The Morgan fingerprint density at radius 2 is 1.92 bits per heavy atom. The van der Waals surface area contributed by atoms with E-state index in [-0.39, 0.29) is 39.5 Å². The number of nitrogens with zero attached hydrogens (tertiary/aromatic N) is 4. The molecule has 0 spiro atoms. The second-order valence-electron chi connectivity index (χ2n) is 8.77. The lowest BCUT2D eigenvalue weighted by atomic mass is 10.1. The second-order valence-corrected chi connectivity index (χ2v) is 10.2. The van der Waals surface area contributed by atoms with Crippen molar-refractivity contribution in [1.29, 1.82) is 0 Å². The molecule has 1 atom stereocenters. The van der Waals surface area contributed by atoms with Crippen molar-refractivity contribution in [3.63, 3.8) is 0 Å². The van der Waals surface area contributed by atoms with Crippen molar-refractivity contribution < 1.29 is 27.5 Å². The van der Waals surface area contributed by atoms with Crippen LogP contribution in [0.15, 0.2) is 30.7 Å². The molecule has 0 aliphatic carbocycles. The van der Waals surface area contributed by atoms with Gasteiger partial charge in [-0.2, -0.15) is 13.2 Å². The fourth-order valence-corrected chi connectivity index (χ4v) is 4.87. The number of nitrogens with two attached hydrogens (primary N) is 1. The smallest absolute Gasteiger partial charge is 0.416 e. The van der Waals surface area contributed by atoms with E-state index in [1.807, 2.05) is 0 Å². The van der Waals surface area contributed by atoms with Crippen LogP contribution in [-0.4, -0.2) is 57.9 Å². The number of likely N-dealkylation sites (tertiary alicyclic amines) is 1. The van der Waals surface area contributed by atoms with E-state index in [9.17, 15) is 22.8 Å². The topological polar surface area (TPSA) is 135 Å². The van der Waals surface area contributed by atoms with Gasteiger partial charge in [-0.25, -0.2) is 15.0 Å². The fourth-order valence-electron chi connectivity index (χ4n) is 3.87. The van der Waals surface area contributed by atoms with E-state index in [4.69, 9.17) is 22.1 Å². The van der Waals surface area contributed by atoms with Crippen LogP contribution in [0.25, 0.3) is 0 Å². The van der Waals surface area contributed by atoms with Gasteiger partial charge in [0.2, 0.25) is 0 Å². The molecular formula is C24H25ClF3N7O3S. The largest absolute Gasteiger partial charge is 0.492 e. The highest BCUT2D eigenvalue weighted by Gasteiger charge is 2.32. The van der Waals surface area contributed by atoms with E-state index >= 15 is 0 Å². The molecule has 10 nitrogen and oxygen atoms in total. The summed E-state index contributed by atoms with van der Waals surface area (Å²) >= 11 is 6.96. The van der Waals surface area contributed by atoms with E-state index in [1.165, 1.54) is 12.3 Å². The summed E-state index contributed by atoms with van der Waals surface area (Å²) in [5.41, 5.74) is 4.47. The van der Waals surface area contributed by atoms with Gasteiger partial charge in [0.25, 0.3) is 11.8 Å². The number of ether oxygens (including phenoxy) is 1. The Labute approximate surface area is 230 Å². The van der Waals surface area contributed by atoms with Gasteiger partial charge >= 0.3 is 6.18 Å². The molecule has 3 heterocycles. The molecule has 1 aromatic carbocycles. The third-order valence-corrected chi connectivity index (χ3v) is 7.42. The quantitative estimate of drug-likeness (QED) is 0.337. The fraction of sp³-hybridized carbons (Fsp3) is 0.375. The third kappa shape index (κ3) is 7.34. The van der Waals surface area contributed by atoms with Crippen LogP contribution in [0.3, 0.4) is 0 Å². The lowest BCUT2D eigenvalue weighted by Crippen LogP contribution is -2.28. The number of anilines is 2. The van der Waals surface area contributed by atoms with Gasteiger partial charge in [-0.1, -0.05) is 11.6 Å². The lowest BCUT2D eigenvalue weighted by molar-refractivity contribution is -0.137. The van der Waals surface area contributed by atoms with Gasteiger partial charge in [-0.3, -0.25) is 14.5 Å². The van der Waals surface area contributed by atoms with Crippen LogP contribution in [0.5, 0.6) is 5.75 Å². The van der Waals surface area contributed by atoms with Crippen LogP contribution in [0.2, 0.25) is 5.02 Å². The molecule has 2 amide bonds. The number of amides is 2. The maximum absolute atomic E-state index is 13.5. The molecule has 3 aromatic rings. The molecule has 1 saturated heterocycles. The average molecular weight is 584 g/mol. The molecule has 0 bridgehead atoms. The molecule has 0 radical (unpaired) electrons. The molecule has 1 aliphatic heterocycles. The van der Waals surface area contributed by atoms with Crippen LogP contribution in [-0.2, 0) is 6.18 Å². The summed E-state index contributed by atoms with van der Waals surface area (Å²) in [5, 5.41) is 5.42. The van der Waals surface area contributed by atoms with Gasteiger partial charge in [-0.15, -0.1) is 11.3 Å². The van der Waals surface area contributed by atoms with Crippen molar-refractivity contribution in [2.75, 3.05) is 37.3 Å². The number of thiazole rings is 1. The van der Waals surface area contributed by atoms with Crippen molar-refractivity contribution in [3.8, 4) is 5.75 Å². The summed E-state index contributed by atoms with van der Waals surface area (Å²) in [6, 6.07) is 2.46. The molecule has 0 unspecified atom stereocenters. The van der Waals surface area contributed by atoms with E-state index in [0.29, 0.717) is 11.6 Å². The first-order chi connectivity index (χ1) is 18.5. The van der Waals surface area contributed by atoms with Crippen molar-refractivity contribution in [3.05, 3.63) is 56.9 Å². The summed E-state index contributed by atoms with van der Waals surface area (Å²) in [5.74, 6) is -1.33. The van der Waals surface area contributed by atoms with Crippen LogP contribution in [0.4, 0.5) is 24.7 Å². The van der Waals surface area contributed by atoms with Crippen LogP contribution < -0.4 is 21.1 Å². The number of carbonyl (C=O) groups excluding carboxylic acids is 2. The normalized spacial score (nSPS) is 14.7. The Hall–Kier alpha value is -3.49. The zero-order valence-electron chi connectivity index (χ0n) is 20.7. The SMILES string of the molecule is C[C@@H](NC(=O)c1ncnc(N)c1Cl)c1ncc(C(=O)Nc2cc(OCCN3CCCC3)cc(C(F)(F)F)c2)s1. The van der Waals surface area contributed by atoms with E-state index < -0.39 is 29.6 Å². The summed E-state index contributed by atoms with van der Waals surface area (Å²) in [7, 11) is 0. The molecule has 15 heteroatoms. The number of nitrogens with one attached hydrogen (secondary N) is 2. The molecule has 39 heavy (non-hydrogen) atoms. The number of hydrogen-bond donors (Lipinski definition) is 3. The first-order valence-electron chi connectivity index (χ1n) is 11.9. The number of rotatable bonds is 9. The zero-order valence-corrected chi connectivity index (χ0v) is 22.3. The number of hydrogen-bond acceptors (Lipinski definition) is 9. The van der Waals surface area contributed by atoms with Crippen LogP contribution in [0.1, 0.15) is 56.5 Å². The molecule has 4 rings (SSSR count). The van der Waals surface area contributed by atoms with Crippen molar-refractivity contribution in [1.82, 2.24) is 25.2 Å². The third-order valence-electron chi connectivity index (χ3n) is 5.86. The minimum absolute atomic E-state index is 0.00432. The Morgan fingerprint density at radius 1 is 1.18 bits per heavy atom. The van der Waals surface area contributed by atoms with Crippen molar-refractivity contribution in [2.24, 2.45) is 0 Å². The lowest BCUT2D eigenvalue weighted by Gasteiger charge is -2.17. The minimum Gasteiger partial charge on any atom is -0.492 e. The monoisotopic (exact) mass is 583 g/mol. The van der Waals surface area contributed by atoms with Gasteiger partial charge < -0.3 is 21.1 Å². The molecule has 0 saturated carbocycles. The number of carbonyl (C=O) groups is 2. The number of benzene rings is 1. The predicted molar refractivity (Wildman–Crippen MR) is 140 cm³/mol. The van der Waals surface area contributed by atoms with E-state index in [2.05, 4.69) is 30.5 Å². The molecule has 208 valence electrons. The van der Waals surface area contributed by atoms with Crippen LogP contribution in [0, 0.1) is 0 Å². The van der Waals surface area contributed by atoms with Crippen molar-refractivity contribution in [2.45, 2.75) is 32.0 Å². The van der Waals surface area contributed by atoms with Gasteiger partial charge in [0.15, 0.2) is 5.69 Å². The number of alkyl halides is 3. The second kappa shape index (κ2) is 12.1. The number of halogens is 4. The first kappa shape index (κ1) is 28.5. The predicted octanol–water partition coefficient (Wildman–Crippen LogP) is 4.41. The number of aromatic nitrogens is 3.